The Morgan fingerprint density at radius 3 is 2.93 bits per heavy atom. The number of fused-ring (bicyclic) bond motifs is 1. The largest absolute Gasteiger partial charge is 0.360 e. The molecule has 29 heavy (non-hydrogen) atoms. The van der Waals surface area contributed by atoms with Crippen molar-refractivity contribution in [1.82, 2.24) is 24.8 Å². The normalized spacial score (nSPS) is 15.4. The molecule has 0 bridgehead atoms. The first-order chi connectivity index (χ1) is 14.2. The molecule has 0 aromatic carbocycles. The van der Waals surface area contributed by atoms with Gasteiger partial charge in [0, 0.05) is 43.8 Å². The zero-order valence-electron chi connectivity index (χ0n) is 16.7. The third kappa shape index (κ3) is 4.89. The molecule has 0 atom stereocenters. The highest BCUT2D eigenvalue weighted by Gasteiger charge is 2.19. The number of hydrogen-bond acceptors (Lipinski definition) is 7. The van der Waals surface area contributed by atoms with Gasteiger partial charge in [-0.2, -0.15) is 0 Å². The van der Waals surface area contributed by atoms with Gasteiger partial charge in [-0.15, -0.1) is 11.3 Å². The second-order valence-corrected chi connectivity index (χ2v) is 8.31. The molecule has 1 aliphatic heterocycles. The second kappa shape index (κ2) is 9.28. The zero-order valence-corrected chi connectivity index (χ0v) is 17.5. The van der Waals surface area contributed by atoms with Crippen LogP contribution in [0.4, 0.5) is 5.82 Å². The minimum absolute atomic E-state index is 0.113. The summed E-state index contributed by atoms with van der Waals surface area (Å²) in [6.45, 7) is 6.59. The average molecular weight is 411 g/mol. The number of pyridine rings is 1. The van der Waals surface area contributed by atoms with Gasteiger partial charge in [0.15, 0.2) is 0 Å². The van der Waals surface area contributed by atoms with Crippen LogP contribution in [-0.4, -0.2) is 63.4 Å². The van der Waals surface area contributed by atoms with Crippen LogP contribution < -0.4 is 5.32 Å². The number of carbonyl (C=O) groups excluding carboxylic acids is 1. The van der Waals surface area contributed by atoms with Gasteiger partial charge >= 0.3 is 0 Å². The SMILES string of the molecule is CCc1cc2c(NCC(=O)N3CCCN(Cc4ccccn4)CC3)ncnc2s1. The van der Waals surface area contributed by atoms with Crippen LogP contribution in [0.3, 0.4) is 0 Å². The number of nitrogens with zero attached hydrogens (tertiary/aromatic N) is 5. The summed E-state index contributed by atoms with van der Waals surface area (Å²) in [7, 11) is 0. The van der Waals surface area contributed by atoms with Crippen molar-refractivity contribution in [1.29, 1.82) is 0 Å². The van der Waals surface area contributed by atoms with Gasteiger partial charge in [0.25, 0.3) is 0 Å². The summed E-state index contributed by atoms with van der Waals surface area (Å²) in [5.74, 6) is 0.855. The molecular weight excluding hydrogens is 384 g/mol. The van der Waals surface area contributed by atoms with Crippen molar-refractivity contribution >= 4 is 33.3 Å². The van der Waals surface area contributed by atoms with E-state index in [9.17, 15) is 4.79 Å². The Morgan fingerprint density at radius 2 is 2.10 bits per heavy atom. The molecule has 152 valence electrons. The van der Waals surface area contributed by atoms with Gasteiger partial charge in [-0.1, -0.05) is 13.0 Å². The molecule has 1 amide bonds. The number of nitrogens with one attached hydrogen (secondary N) is 1. The number of anilines is 1. The number of amides is 1. The average Bonchev–Trinajstić information content (AvgIpc) is 3.05. The van der Waals surface area contributed by atoms with E-state index in [1.807, 2.05) is 23.2 Å². The minimum Gasteiger partial charge on any atom is -0.360 e. The number of thiophene rings is 1. The molecule has 0 saturated carbocycles. The number of aromatic nitrogens is 3. The van der Waals surface area contributed by atoms with E-state index in [0.29, 0.717) is 0 Å². The fourth-order valence-corrected chi connectivity index (χ4v) is 4.53. The maximum absolute atomic E-state index is 12.8. The van der Waals surface area contributed by atoms with Crippen molar-refractivity contribution in [3.8, 4) is 0 Å². The summed E-state index contributed by atoms with van der Waals surface area (Å²) in [4.78, 5) is 32.4. The van der Waals surface area contributed by atoms with Crippen molar-refractivity contribution in [2.24, 2.45) is 0 Å². The first-order valence-corrected chi connectivity index (χ1v) is 10.9. The number of carbonyl (C=O) groups is 1. The van der Waals surface area contributed by atoms with Crippen molar-refractivity contribution in [2.45, 2.75) is 26.3 Å². The quantitative estimate of drug-likeness (QED) is 0.674. The standard InChI is InChI=1S/C21H26N6OS/c1-2-17-12-18-20(24-15-25-21(18)29-17)23-13-19(28)27-9-5-8-26(10-11-27)14-16-6-3-4-7-22-16/h3-4,6-7,12,15H,2,5,8-11,13-14H2,1H3,(H,23,24,25). The Balaban J connectivity index is 1.33. The molecule has 4 heterocycles. The fourth-order valence-electron chi connectivity index (χ4n) is 3.59. The van der Waals surface area contributed by atoms with Crippen LogP contribution in [0.2, 0.25) is 0 Å². The third-order valence-corrected chi connectivity index (χ3v) is 6.38. The van der Waals surface area contributed by atoms with E-state index in [1.54, 1.807) is 17.7 Å². The van der Waals surface area contributed by atoms with Crippen LogP contribution in [-0.2, 0) is 17.8 Å². The lowest BCUT2D eigenvalue weighted by Gasteiger charge is -2.22. The van der Waals surface area contributed by atoms with Gasteiger partial charge in [0.05, 0.1) is 17.6 Å². The van der Waals surface area contributed by atoms with Crippen LogP contribution in [0.25, 0.3) is 10.2 Å². The lowest BCUT2D eigenvalue weighted by Crippen LogP contribution is -2.38. The van der Waals surface area contributed by atoms with Crippen molar-refractivity contribution in [3.05, 3.63) is 47.4 Å². The number of rotatable bonds is 6. The lowest BCUT2D eigenvalue weighted by molar-refractivity contribution is -0.129. The predicted octanol–water partition coefficient (Wildman–Crippen LogP) is 2.80. The van der Waals surface area contributed by atoms with E-state index in [1.165, 1.54) is 4.88 Å². The number of hydrogen-bond donors (Lipinski definition) is 1. The van der Waals surface area contributed by atoms with E-state index < -0.39 is 0 Å². The van der Waals surface area contributed by atoms with Crippen molar-refractivity contribution in [2.75, 3.05) is 38.0 Å². The second-order valence-electron chi connectivity index (χ2n) is 7.19. The Labute approximate surface area is 174 Å². The van der Waals surface area contributed by atoms with E-state index in [4.69, 9.17) is 0 Å². The van der Waals surface area contributed by atoms with Crippen LogP contribution in [0, 0.1) is 0 Å². The smallest absolute Gasteiger partial charge is 0.241 e. The molecule has 3 aromatic heterocycles. The van der Waals surface area contributed by atoms with Gasteiger partial charge in [-0.05, 0) is 31.0 Å². The lowest BCUT2D eigenvalue weighted by atomic mass is 10.3. The van der Waals surface area contributed by atoms with E-state index in [2.05, 4.69) is 44.2 Å². The predicted molar refractivity (Wildman–Crippen MR) is 116 cm³/mol. The minimum atomic E-state index is 0.113. The molecule has 1 N–H and O–H groups in total. The summed E-state index contributed by atoms with van der Waals surface area (Å²) in [6.07, 6.45) is 5.34. The maximum Gasteiger partial charge on any atom is 0.241 e. The molecule has 1 saturated heterocycles. The molecular formula is C21H26N6OS. The highest BCUT2D eigenvalue weighted by Crippen LogP contribution is 2.28. The van der Waals surface area contributed by atoms with E-state index in [0.717, 1.165) is 67.3 Å². The number of aryl methyl sites for hydroxylation is 1. The van der Waals surface area contributed by atoms with Crippen molar-refractivity contribution in [3.63, 3.8) is 0 Å². The summed E-state index contributed by atoms with van der Waals surface area (Å²) in [5, 5.41) is 4.23. The third-order valence-electron chi connectivity index (χ3n) is 5.19. The molecule has 8 heteroatoms. The molecule has 1 aliphatic rings. The molecule has 0 unspecified atom stereocenters. The van der Waals surface area contributed by atoms with Crippen LogP contribution in [0.1, 0.15) is 23.9 Å². The molecule has 0 radical (unpaired) electrons. The Morgan fingerprint density at radius 1 is 1.17 bits per heavy atom. The van der Waals surface area contributed by atoms with Gasteiger partial charge in [0.1, 0.15) is 17.0 Å². The van der Waals surface area contributed by atoms with Crippen LogP contribution in [0.15, 0.2) is 36.8 Å². The summed E-state index contributed by atoms with van der Waals surface area (Å²) >= 11 is 1.68. The Hall–Kier alpha value is -2.58. The molecule has 7 nitrogen and oxygen atoms in total. The molecule has 0 spiro atoms. The maximum atomic E-state index is 12.8. The molecule has 3 aromatic rings. The zero-order chi connectivity index (χ0) is 20.1. The van der Waals surface area contributed by atoms with Gasteiger partial charge < -0.3 is 10.2 Å². The highest BCUT2D eigenvalue weighted by molar-refractivity contribution is 7.18. The summed E-state index contributed by atoms with van der Waals surface area (Å²) < 4.78 is 0. The van der Waals surface area contributed by atoms with E-state index in [-0.39, 0.29) is 12.5 Å². The summed E-state index contributed by atoms with van der Waals surface area (Å²) in [6, 6.07) is 8.12. The first kappa shape index (κ1) is 19.7. The van der Waals surface area contributed by atoms with Gasteiger partial charge in [-0.3, -0.25) is 14.7 Å². The molecule has 4 rings (SSSR count). The van der Waals surface area contributed by atoms with E-state index >= 15 is 0 Å². The Kier molecular flexibility index (Phi) is 6.31. The van der Waals surface area contributed by atoms with Crippen LogP contribution >= 0.6 is 11.3 Å². The van der Waals surface area contributed by atoms with Crippen molar-refractivity contribution < 1.29 is 4.79 Å². The fraction of sp³-hybridized carbons (Fsp3) is 0.429. The van der Waals surface area contributed by atoms with Gasteiger partial charge in [-0.25, -0.2) is 9.97 Å². The topological polar surface area (TPSA) is 74.2 Å². The highest BCUT2D eigenvalue weighted by atomic mass is 32.1. The molecule has 1 fully saturated rings. The molecule has 0 aliphatic carbocycles. The Bertz CT molecular complexity index is 960. The van der Waals surface area contributed by atoms with Gasteiger partial charge in [0.2, 0.25) is 5.91 Å². The monoisotopic (exact) mass is 410 g/mol. The first-order valence-electron chi connectivity index (χ1n) is 10.1. The summed E-state index contributed by atoms with van der Waals surface area (Å²) in [5.41, 5.74) is 1.07. The van der Waals surface area contributed by atoms with Crippen LogP contribution in [0.5, 0.6) is 0 Å².